The second kappa shape index (κ2) is 5.96. The van der Waals surface area contributed by atoms with Gasteiger partial charge < -0.3 is 10.2 Å². The largest absolute Gasteiger partial charge is 0.481 e. The zero-order chi connectivity index (χ0) is 14.6. The SMILES string of the molecule is O=C(O)C(Cc1ccc(SC(F)(F)F)cc1)C(=O)O. The van der Waals surface area contributed by atoms with E-state index in [0.717, 1.165) is 0 Å². The molecule has 0 heterocycles. The van der Waals surface area contributed by atoms with Gasteiger partial charge in [-0.2, -0.15) is 13.2 Å². The fraction of sp³-hybridized carbons (Fsp3) is 0.273. The summed E-state index contributed by atoms with van der Waals surface area (Å²) in [4.78, 5) is 21.3. The van der Waals surface area contributed by atoms with Gasteiger partial charge in [-0.15, -0.1) is 0 Å². The number of thioether (sulfide) groups is 1. The molecule has 0 saturated heterocycles. The molecular formula is C11H9F3O4S. The van der Waals surface area contributed by atoms with Gasteiger partial charge in [0, 0.05) is 4.90 Å². The Morgan fingerprint density at radius 1 is 1.11 bits per heavy atom. The van der Waals surface area contributed by atoms with E-state index in [4.69, 9.17) is 10.2 Å². The summed E-state index contributed by atoms with van der Waals surface area (Å²) >= 11 is -0.292. The summed E-state index contributed by atoms with van der Waals surface area (Å²) in [6, 6.07) is 4.92. The van der Waals surface area contributed by atoms with Crippen LogP contribution in [0.3, 0.4) is 0 Å². The minimum atomic E-state index is -4.40. The van der Waals surface area contributed by atoms with Crippen LogP contribution in [0.5, 0.6) is 0 Å². The van der Waals surface area contributed by atoms with Crippen molar-refractivity contribution >= 4 is 23.7 Å². The van der Waals surface area contributed by atoms with Gasteiger partial charge in [0.1, 0.15) is 0 Å². The molecule has 0 bridgehead atoms. The van der Waals surface area contributed by atoms with Gasteiger partial charge in [-0.25, -0.2) is 0 Å². The molecule has 0 atom stereocenters. The van der Waals surface area contributed by atoms with E-state index in [1.54, 1.807) is 0 Å². The van der Waals surface area contributed by atoms with E-state index < -0.39 is 23.4 Å². The van der Waals surface area contributed by atoms with Gasteiger partial charge >= 0.3 is 17.4 Å². The molecule has 0 fully saturated rings. The van der Waals surface area contributed by atoms with E-state index in [0.29, 0.717) is 5.56 Å². The number of benzene rings is 1. The highest BCUT2D eigenvalue weighted by Gasteiger charge is 2.29. The molecule has 1 aromatic rings. The summed E-state index contributed by atoms with van der Waals surface area (Å²) in [6.45, 7) is 0. The van der Waals surface area contributed by atoms with Gasteiger partial charge in [0.25, 0.3) is 0 Å². The zero-order valence-electron chi connectivity index (χ0n) is 9.35. The van der Waals surface area contributed by atoms with Crippen molar-refractivity contribution < 1.29 is 33.0 Å². The molecule has 0 aliphatic carbocycles. The van der Waals surface area contributed by atoms with Crippen LogP contribution in [-0.4, -0.2) is 27.7 Å². The summed E-state index contributed by atoms with van der Waals surface area (Å²) < 4.78 is 36.2. The second-order valence-corrected chi connectivity index (χ2v) is 4.76. The smallest absolute Gasteiger partial charge is 0.446 e. The van der Waals surface area contributed by atoms with Crippen molar-refractivity contribution in [3.05, 3.63) is 29.8 Å². The number of aliphatic carboxylic acids is 2. The normalized spacial score (nSPS) is 11.6. The first-order chi connectivity index (χ1) is 8.69. The maximum Gasteiger partial charge on any atom is 0.446 e. The van der Waals surface area contributed by atoms with Crippen molar-refractivity contribution in [3.63, 3.8) is 0 Å². The van der Waals surface area contributed by atoms with Crippen LogP contribution >= 0.6 is 11.8 Å². The summed E-state index contributed by atoms with van der Waals surface area (Å²) in [6.07, 6.45) is -0.276. The highest BCUT2D eigenvalue weighted by Crippen LogP contribution is 2.36. The lowest BCUT2D eigenvalue weighted by molar-refractivity contribution is -0.154. The highest BCUT2D eigenvalue weighted by atomic mass is 32.2. The van der Waals surface area contributed by atoms with Gasteiger partial charge in [0.15, 0.2) is 5.92 Å². The molecular weight excluding hydrogens is 285 g/mol. The topological polar surface area (TPSA) is 74.6 Å². The molecule has 8 heteroatoms. The minimum Gasteiger partial charge on any atom is -0.481 e. The van der Waals surface area contributed by atoms with Crippen molar-refractivity contribution in [2.75, 3.05) is 0 Å². The minimum absolute atomic E-state index is 0.0431. The molecule has 0 unspecified atom stereocenters. The molecule has 1 rings (SSSR count). The van der Waals surface area contributed by atoms with Gasteiger partial charge in [-0.1, -0.05) is 12.1 Å². The highest BCUT2D eigenvalue weighted by molar-refractivity contribution is 8.00. The van der Waals surface area contributed by atoms with Crippen LogP contribution in [0.2, 0.25) is 0 Å². The third-order valence-corrected chi connectivity index (χ3v) is 2.93. The Labute approximate surface area is 110 Å². The number of hydrogen-bond donors (Lipinski definition) is 2. The number of halogens is 3. The van der Waals surface area contributed by atoms with Crippen LogP contribution in [0.1, 0.15) is 5.56 Å². The first-order valence-electron chi connectivity index (χ1n) is 4.99. The van der Waals surface area contributed by atoms with Gasteiger partial charge in [-0.05, 0) is 35.9 Å². The number of carbonyl (C=O) groups is 2. The first-order valence-corrected chi connectivity index (χ1v) is 5.81. The molecule has 0 spiro atoms. The molecule has 0 aliphatic rings. The lowest BCUT2D eigenvalue weighted by Crippen LogP contribution is -2.25. The Morgan fingerprint density at radius 3 is 1.95 bits per heavy atom. The Bertz CT molecular complexity index is 456. The van der Waals surface area contributed by atoms with Crippen molar-refractivity contribution in [2.45, 2.75) is 16.8 Å². The van der Waals surface area contributed by atoms with Crippen LogP contribution in [0.25, 0.3) is 0 Å². The molecule has 0 amide bonds. The number of alkyl halides is 3. The van der Waals surface area contributed by atoms with Crippen LogP contribution in [0, 0.1) is 5.92 Å². The fourth-order valence-corrected chi connectivity index (χ4v) is 1.88. The molecule has 0 aromatic heterocycles. The molecule has 0 aliphatic heterocycles. The molecule has 104 valence electrons. The maximum atomic E-state index is 12.1. The van der Waals surface area contributed by atoms with E-state index in [9.17, 15) is 22.8 Å². The lowest BCUT2D eigenvalue weighted by Gasteiger charge is -2.09. The fourth-order valence-electron chi connectivity index (χ4n) is 1.34. The summed E-state index contributed by atoms with van der Waals surface area (Å²) in [7, 11) is 0. The predicted octanol–water partition coefficient (Wildman–Crippen LogP) is 2.63. The average Bonchev–Trinajstić information content (AvgIpc) is 2.25. The lowest BCUT2D eigenvalue weighted by atomic mass is 10.00. The van der Waals surface area contributed by atoms with Crippen molar-refractivity contribution in [2.24, 2.45) is 5.92 Å². The molecule has 1 aromatic carbocycles. The van der Waals surface area contributed by atoms with Crippen LogP contribution in [-0.2, 0) is 16.0 Å². The summed E-state index contributed by atoms with van der Waals surface area (Å²) in [5.74, 6) is -4.58. The summed E-state index contributed by atoms with van der Waals surface area (Å²) in [5, 5.41) is 17.4. The van der Waals surface area contributed by atoms with E-state index >= 15 is 0 Å². The maximum absolute atomic E-state index is 12.1. The van der Waals surface area contributed by atoms with Crippen molar-refractivity contribution in [1.29, 1.82) is 0 Å². The summed E-state index contributed by atoms with van der Waals surface area (Å²) in [5.41, 5.74) is -4.05. The van der Waals surface area contributed by atoms with Crippen LogP contribution in [0.4, 0.5) is 13.2 Å². The zero-order valence-corrected chi connectivity index (χ0v) is 10.2. The Kier molecular flexibility index (Phi) is 4.82. The monoisotopic (exact) mass is 294 g/mol. The van der Waals surface area contributed by atoms with E-state index in [1.165, 1.54) is 24.3 Å². The van der Waals surface area contributed by atoms with E-state index in [-0.39, 0.29) is 23.1 Å². The van der Waals surface area contributed by atoms with Crippen molar-refractivity contribution in [1.82, 2.24) is 0 Å². The quantitative estimate of drug-likeness (QED) is 0.645. The Hall–Kier alpha value is -1.70. The first kappa shape index (κ1) is 15.4. The molecule has 19 heavy (non-hydrogen) atoms. The van der Waals surface area contributed by atoms with Gasteiger partial charge in [-0.3, -0.25) is 9.59 Å². The number of carboxylic acids is 2. The standard InChI is InChI=1S/C11H9F3O4S/c12-11(13,14)19-7-3-1-6(2-4-7)5-8(9(15)16)10(17)18/h1-4,8H,5H2,(H,15,16)(H,17,18). The number of rotatable bonds is 5. The third kappa shape index (κ3) is 5.21. The molecule has 0 radical (unpaired) electrons. The average molecular weight is 294 g/mol. The predicted molar refractivity (Wildman–Crippen MR) is 60.8 cm³/mol. The third-order valence-electron chi connectivity index (χ3n) is 2.19. The van der Waals surface area contributed by atoms with Gasteiger partial charge in [0.2, 0.25) is 0 Å². The Morgan fingerprint density at radius 2 is 1.58 bits per heavy atom. The Balaban J connectivity index is 2.76. The molecule has 4 nitrogen and oxygen atoms in total. The van der Waals surface area contributed by atoms with E-state index in [1.807, 2.05) is 0 Å². The van der Waals surface area contributed by atoms with E-state index in [2.05, 4.69) is 0 Å². The molecule has 2 N–H and O–H groups in total. The van der Waals surface area contributed by atoms with Crippen LogP contribution in [0.15, 0.2) is 29.2 Å². The van der Waals surface area contributed by atoms with Gasteiger partial charge in [0.05, 0.1) is 0 Å². The second-order valence-electron chi connectivity index (χ2n) is 3.62. The molecule has 0 saturated carbocycles. The number of carboxylic acid groups (broad SMARTS) is 2. The number of hydrogen-bond acceptors (Lipinski definition) is 3. The van der Waals surface area contributed by atoms with Crippen LogP contribution < -0.4 is 0 Å². The van der Waals surface area contributed by atoms with Crippen molar-refractivity contribution in [3.8, 4) is 0 Å².